The Balaban J connectivity index is 1.87. The first-order chi connectivity index (χ1) is 11.0. The molecule has 0 aliphatic carbocycles. The molecule has 5 heteroatoms. The summed E-state index contributed by atoms with van der Waals surface area (Å²) in [5.41, 5.74) is 2.40. The van der Waals surface area contributed by atoms with Gasteiger partial charge < -0.3 is 0 Å². The molecule has 2 aromatic carbocycles. The molecular weight excluding hydrogens is 310 g/mol. The van der Waals surface area contributed by atoms with Gasteiger partial charge in [-0.25, -0.2) is 0 Å². The minimum Gasteiger partial charge on any atom is -0.284 e. The Morgan fingerprint density at radius 1 is 1.00 bits per heavy atom. The van der Waals surface area contributed by atoms with Crippen LogP contribution < -0.4 is 0 Å². The van der Waals surface area contributed by atoms with Crippen molar-refractivity contribution >= 4 is 10.1 Å². The van der Waals surface area contributed by atoms with Crippen molar-refractivity contribution in [3.8, 4) is 0 Å². The van der Waals surface area contributed by atoms with Crippen LogP contribution in [0.4, 0.5) is 0 Å². The van der Waals surface area contributed by atoms with Gasteiger partial charge in [0.2, 0.25) is 0 Å². The fraction of sp³-hybridized carbons (Fsp3) is 0.333. The van der Waals surface area contributed by atoms with E-state index in [0.717, 1.165) is 6.26 Å². The molecule has 0 saturated carbocycles. The van der Waals surface area contributed by atoms with Gasteiger partial charge in [-0.05, 0) is 18.1 Å². The first-order valence-electron chi connectivity index (χ1n) is 7.69. The van der Waals surface area contributed by atoms with Crippen LogP contribution in [0.15, 0.2) is 60.7 Å². The third-order valence-electron chi connectivity index (χ3n) is 4.31. The standard InChI is InChI=1S/C18H21NO3S/c1-14-17(22-23(2,20)21)13-19(14)18(15-9-5-3-6-10-15)16-11-7-4-8-12-16/h3-12,14,17-18H,13H2,1-2H3/t14-,17+/m1/s1. The van der Waals surface area contributed by atoms with Gasteiger partial charge in [0.05, 0.1) is 12.3 Å². The van der Waals surface area contributed by atoms with Crippen molar-refractivity contribution < 1.29 is 12.6 Å². The minimum absolute atomic E-state index is 0.0372. The van der Waals surface area contributed by atoms with Gasteiger partial charge in [-0.15, -0.1) is 0 Å². The summed E-state index contributed by atoms with van der Waals surface area (Å²) in [5, 5.41) is 0. The predicted octanol–water partition coefficient (Wildman–Crippen LogP) is 2.82. The largest absolute Gasteiger partial charge is 0.284 e. The molecule has 1 fully saturated rings. The van der Waals surface area contributed by atoms with Gasteiger partial charge in [-0.1, -0.05) is 60.7 Å². The monoisotopic (exact) mass is 331 g/mol. The Labute approximate surface area is 137 Å². The normalized spacial score (nSPS) is 22.0. The third-order valence-corrected chi connectivity index (χ3v) is 4.91. The highest BCUT2D eigenvalue weighted by atomic mass is 32.2. The number of likely N-dealkylation sites (tertiary alicyclic amines) is 1. The summed E-state index contributed by atoms with van der Waals surface area (Å²) in [6.45, 7) is 2.61. The fourth-order valence-electron chi connectivity index (χ4n) is 3.12. The minimum atomic E-state index is -3.42. The Morgan fingerprint density at radius 2 is 1.48 bits per heavy atom. The van der Waals surface area contributed by atoms with Gasteiger partial charge >= 0.3 is 0 Å². The molecule has 0 N–H and O–H groups in total. The van der Waals surface area contributed by atoms with Crippen LogP contribution in [0.3, 0.4) is 0 Å². The predicted molar refractivity (Wildman–Crippen MR) is 90.6 cm³/mol. The number of benzene rings is 2. The van der Waals surface area contributed by atoms with Crippen LogP contribution in [-0.2, 0) is 14.3 Å². The first kappa shape index (κ1) is 16.2. The summed E-state index contributed by atoms with van der Waals surface area (Å²) >= 11 is 0. The first-order valence-corrected chi connectivity index (χ1v) is 9.51. The van der Waals surface area contributed by atoms with Crippen LogP contribution in [0.1, 0.15) is 24.1 Å². The average Bonchev–Trinajstić information content (AvgIpc) is 2.54. The lowest BCUT2D eigenvalue weighted by molar-refractivity contribution is -0.0508. The van der Waals surface area contributed by atoms with Crippen molar-refractivity contribution in [3.63, 3.8) is 0 Å². The van der Waals surface area contributed by atoms with Crippen molar-refractivity contribution in [2.24, 2.45) is 0 Å². The molecule has 0 radical (unpaired) electrons. The summed E-state index contributed by atoms with van der Waals surface area (Å²) in [4.78, 5) is 2.28. The van der Waals surface area contributed by atoms with E-state index in [-0.39, 0.29) is 18.2 Å². The number of rotatable bonds is 5. The summed E-state index contributed by atoms with van der Waals surface area (Å²) in [5.74, 6) is 0. The molecule has 2 atom stereocenters. The van der Waals surface area contributed by atoms with Crippen molar-refractivity contribution in [3.05, 3.63) is 71.8 Å². The van der Waals surface area contributed by atoms with Crippen LogP contribution in [-0.4, -0.2) is 38.3 Å². The molecule has 4 nitrogen and oxygen atoms in total. The Morgan fingerprint density at radius 3 is 1.87 bits per heavy atom. The highest BCUT2D eigenvalue weighted by Gasteiger charge is 2.43. The topological polar surface area (TPSA) is 46.6 Å². The molecule has 1 saturated heterocycles. The van der Waals surface area contributed by atoms with E-state index in [9.17, 15) is 8.42 Å². The van der Waals surface area contributed by atoms with E-state index in [4.69, 9.17) is 4.18 Å². The Hall–Kier alpha value is -1.69. The van der Waals surface area contributed by atoms with Gasteiger partial charge in [0.15, 0.2) is 0 Å². The number of nitrogens with zero attached hydrogens (tertiary/aromatic N) is 1. The molecule has 1 aliphatic rings. The molecule has 1 heterocycles. The van der Waals surface area contributed by atoms with E-state index < -0.39 is 10.1 Å². The van der Waals surface area contributed by atoms with E-state index in [2.05, 4.69) is 29.2 Å². The second-order valence-electron chi connectivity index (χ2n) is 6.00. The SMILES string of the molecule is C[C@@H]1[C@@H](OS(C)(=O)=O)CN1C(c1ccccc1)c1ccccc1. The fourth-order valence-corrected chi connectivity index (χ4v) is 3.79. The van der Waals surface area contributed by atoms with Crippen molar-refractivity contribution in [1.82, 2.24) is 4.90 Å². The Bertz CT molecular complexity index is 707. The maximum Gasteiger partial charge on any atom is 0.264 e. The molecule has 122 valence electrons. The summed E-state index contributed by atoms with van der Waals surface area (Å²) in [6, 6.07) is 20.7. The van der Waals surface area contributed by atoms with Crippen molar-refractivity contribution in [2.75, 3.05) is 12.8 Å². The van der Waals surface area contributed by atoms with Crippen molar-refractivity contribution in [1.29, 1.82) is 0 Å². The average molecular weight is 331 g/mol. The quantitative estimate of drug-likeness (QED) is 0.791. The van der Waals surface area contributed by atoms with E-state index >= 15 is 0 Å². The van der Waals surface area contributed by atoms with Gasteiger partial charge in [0.1, 0.15) is 6.10 Å². The molecule has 0 aromatic heterocycles. The summed E-state index contributed by atoms with van der Waals surface area (Å²) < 4.78 is 27.9. The molecule has 0 bridgehead atoms. The maximum atomic E-state index is 11.4. The van der Waals surface area contributed by atoms with E-state index in [1.54, 1.807) is 0 Å². The Kier molecular flexibility index (Phi) is 4.53. The zero-order valence-electron chi connectivity index (χ0n) is 13.3. The van der Waals surface area contributed by atoms with Crippen LogP contribution in [0.2, 0.25) is 0 Å². The highest BCUT2D eigenvalue weighted by molar-refractivity contribution is 7.86. The molecule has 3 rings (SSSR count). The number of hydrogen-bond acceptors (Lipinski definition) is 4. The van der Waals surface area contributed by atoms with E-state index in [1.807, 2.05) is 43.3 Å². The van der Waals surface area contributed by atoms with E-state index in [0.29, 0.717) is 6.54 Å². The second-order valence-corrected chi connectivity index (χ2v) is 7.60. The molecule has 0 unspecified atom stereocenters. The van der Waals surface area contributed by atoms with Crippen LogP contribution in [0.25, 0.3) is 0 Å². The van der Waals surface area contributed by atoms with Crippen LogP contribution in [0.5, 0.6) is 0 Å². The highest BCUT2D eigenvalue weighted by Crippen LogP contribution is 2.37. The van der Waals surface area contributed by atoms with Crippen molar-refractivity contribution in [2.45, 2.75) is 25.1 Å². The van der Waals surface area contributed by atoms with Gasteiger partial charge in [0.25, 0.3) is 10.1 Å². The molecular formula is C18H21NO3S. The lowest BCUT2D eigenvalue weighted by Crippen LogP contribution is -2.61. The van der Waals surface area contributed by atoms with Crippen LogP contribution >= 0.6 is 0 Å². The zero-order chi connectivity index (χ0) is 16.4. The molecule has 2 aromatic rings. The lowest BCUT2D eigenvalue weighted by atomic mass is 9.90. The lowest BCUT2D eigenvalue weighted by Gasteiger charge is -2.49. The molecule has 0 spiro atoms. The molecule has 23 heavy (non-hydrogen) atoms. The smallest absolute Gasteiger partial charge is 0.264 e. The van der Waals surface area contributed by atoms with E-state index in [1.165, 1.54) is 11.1 Å². The second kappa shape index (κ2) is 6.43. The third kappa shape index (κ3) is 3.63. The summed E-state index contributed by atoms with van der Waals surface area (Å²) in [7, 11) is -3.42. The van der Waals surface area contributed by atoms with Gasteiger partial charge in [-0.3, -0.25) is 9.08 Å². The van der Waals surface area contributed by atoms with Gasteiger partial charge in [0, 0.05) is 12.6 Å². The van der Waals surface area contributed by atoms with Crippen LogP contribution in [0, 0.1) is 0 Å². The molecule has 0 amide bonds. The maximum absolute atomic E-state index is 11.4. The molecule has 1 aliphatic heterocycles. The number of hydrogen-bond donors (Lipinski definition) is 0. The zero-order valence-corrected chi connectivity index (χ0v) is 14.1. The van der Waals surface area contributed by atoms with Gasteiger partial charge in [-0.2, -0.15) is 8.42 Å². The summed E-state index contributed by atoms with van der Waals surface area (Å²) in [6.07, 6.45) is 0.828.